The molecule has 0 spiro atoms. The molecule has 1 aliphatic heterocycles. The molecule has 3 nitrogen and oxygen atoms in total. The summed E-state index contributed by atoms with van der Waals surface area (Å²) >= 11 is 0. The lowest BCUT2D eigenvalue weighted by Gasteiger charge is -2.26. The molecule has 3 rings (SSSR count). The van der Waals surface area contributed by atoms with E-state index in [1.807, 2.05) is 0 Å². The van der Waals surface area contributed by atoms with Crippen LogP contribution >= 0.6 is 0 Å². The highest BCUT2D eigenvalue weighted by molar-refractivity contribution is 5.38. The Morgan fingerprint density at radius 2 is 1.95 bits per heavy atom. The molecule has 0 saturated carbocycles. The number of aryl methyl sites for hydroxylation is 2. The van der Waals surface area contributed by atoms with Gasteiger partial charge < -0.3 is 15.0 Å². The standard InChI is InChI=1S/C16H24N2O/c1-3-14-5-6-16(13-15(14)4-1)19-12-2-9-18-10-7-17-8-11-18/h5-6,13,17H,1-4,7-12H2. The summed E-state index contributed by atoms with van der Waals surface area (Å²) in [7, 11) is 0. The first-order valence-corrected chi connectivity index (χ1v) is 7.59. The number of piperazine rings is 1. The van der Waals surface area contributed by atoms with Gasteiger partial charge in [0.05, 0.1) is 6.61 Å². The zero-order chi connectivity index (χ0) is 12.9. The van der Waals surface area contributed by atoms with E-state index in [2.05, 4.69) is 28.4 Å². The first-order chi connectivity index (χ1) is 9.42. The second-order valence-electron chi connectivity index (χ2n) is 5.58. The maximum atomic E-state index is 5.88. The fourth-order valence-electron chi connectivity index (χ4n) is 3.05. The van der Waals surface area contributed by atoms with E-state index < -0.39 is 0 Å². The lowest BCUT2D eigenvalue weighted by Crippen LogP contribution is -2.43. The van der Waals surface area contributed by atoms with E-state index in [0.29, 0.717) is 0 Å². The molecule has 3 heteroatoms. The Labute approximate surface area is 115 Å². The summed E-state index contributed by atoms with van der Waals surface area (Å²) in [4.78, 5) is 2.52. The number of ether oxygens (including phenoxy) is 1. The number of fused-ring (bicyclic) bond motifs is 1. The molecule has 1 aromatic carbocycles. The number of nitrogens with one attached hydrogen (secondary N) is 1. The predicted octanol–water partition coefficient (Wildman–Crippen LogP) is 1.85. The summed E-state index contributed by atoms with van der Waals surface area (Å²) in [5.74, 6) is 1.06. The monoisotopic (exact) mass is 260 g/mol. The van der Waals surface area contributed by atoms with Crippen LogP contribution in [0.5, 0.6) is 5.75 Å². The molecule has 0 unspecified atom stereocenters. The van der Waals surface area contributed by atoms with Crippen LogP contribution in [0.15, 0.2) is 18.2 Å². The van der Waals surface area contributed by atoms with E-state index in [1.54, 1.807) is 0 Å². The fourth-order valence-corrected chi connectivity index (χ4v) is 3.05. The molecule has 1 N–H and O–H groups in total. The highest BCUT2D eigenvalue weighted by Crippen LogP contribution is 2.25. The smallest absolute Gasteiger partial charge is 0.119 e. The van der Waals surface area contributed by atoms with Gasteiger partial charge in [-0.05, 0) is 48.9 Å². The van der Waals surface area contributed by atoms with Gasteiger partial charge in [0, 0.05) is 32.7 Å². The number of rotatable bonds is 5. The van der Waals surface area contributed by atoms with Gasteiger partial charge in [-0.1, -0.05) is 6.07 Å². The van der Waals surface area contributed by atoms with Gasteiger partial charge in [0.2, 0.25) is 0 Å². The summed E-state index contributed by atoms with van der Waals surface area (Å²) < 4.78 is 5.88. The molecule has 104 valence electrons. The zero-order valence-electron chi connectivity index (χ0n) is 11.7. The third-order valence-corrected chi connectivity index (χ3v) is 4.17. The lowest BCUT2D eigenvalue weighted by molar-refractivity contribution is 0.214. The van der Waals surface area contributed by atoms with Crippen LogP contribution in [0.25, 0.3) is 0 Å². The van der Waals surface area contributed by atoms with Crippen molar-refractivity contribution >= 4 is 0 Å². The summed E-state index contributed by atoms with van der Waals surface area (Å²) in [6, 6.07) is 6.62. The maximum absolute atomic E-state index is 5.88. The normalized spacial score (nSPS) is 19.4. The minimum atomic E-state index is 0.836. The molecule has 1 aromatic rings. The molecular formula is C16H24N2O. The largest absolute Gasteiger partial charge is 0.494 e. The van der Waals surface area contributed by atoms with Crippen LogP contribution in [0.4, 0.5) is 0 Å². The van der Waals surface area contributed by atoms with E-state index in [-0.39, 0.29) is 0 Å². The van der Waals surface area contributed by atoms with Gasteiger partial charge in [-0.15, -0.1) is 0 Å². The average molecular weight is 260 g/mol. The van der Waals surface area contributed by atoms with Gasteiger partial charge in [0.25, 0.3) is 0 Å². The Bertz CT molecular complexity index is 413. The molecule has 0 radical (unpaired) electrons. The second kappa shape index (κ2) is 6.40. The minimum Gasteiger partial charge on any atom is -0.494 e. The van der Waals surface area contributed by atoms with E-state index in [0.717, 1.165) is 38.4 Å². The molecule has 0 atom stereocenters. The van der Waals surface area contributed by atoms with E-state index in [1.165, 1.54) is 43.5 Å². The van der Waals surface area contributed by atoms with Crippen molar-refractivity contribution < 1.29 is 4.74 Å². The lowest BCUT2D eigenvalue weighted by atomic mass is 10.1. The zero-order valence-corrected chi connectivity index (χ0v) is 11.7. The van der Waals surface area contributed by atoms with Crippen molar-refractivity contribution in [1.29, 1.82) is 0 Å². The van der Waals surface area contributed by atoms with E-state index in [4.69, 9.17) is 4.74 Å². The summed E-state index contributed by atoms with van der Waals surface area (Å²) in [6.45, 7) is 6.62. The van der Waals surface area contributed by atoms with Gasteiger partial charge in [-0.2, -0.15) is 0 Å². The third kappa shape index (κ3) is 3.48. The molecule has 1 fully saturated rings. The van der Waals surface area contributed by atoms with Crippen molar-refractivity contribution in [3.8, 4) is 5.75 Å². The topological polar surface area (TPSA) is 24.5 Å². The molecule has 1 aliphatic carbocycles. The third-order valence-electron chi connectivity index (χ3n) is 4.17. The Kier molecular flexibility index (Phi) is 4.36. The number of hydrogen-bond acceptors (Lipinski definition) is 3. The molecule has 19 heavy (non-hydrogen) atoms. The van der Waals surface area contributed by atoms with Gasteiger partial charge in [0.1, 0.15) is 5.75 Å². The van der Waals surface area contributed by atoms with E-state index in [9.17, 15) is 0 Å². The van der Waals surface area contributed by atoms with Crippen LogP contribution in [-0.2, 0) is 12.8 Å². The number of benzene rings is 1. The first kappa shape index (κ1) is 12.9. The van der Waals surface area contributed by atoms with Crippen LogP contribution in [0.1, 0.15) is 24.0 Å². The fraction of sp³-hybridized carbons (Fsp3) is 0.625. The Hall–Kier alpha value is -1.06. The summed E-state index contributed by atoms with van der Waals surface area (Å²) in [5.41, 5.74) is 3.02. The number of hydrogen-bond donors (Lipinski definition) is 1. The van der Waals surface area contributed by atoms with Crippen LogP contribution in [0, 0.1) is 0 Å². The van der Waals surface area contributed by atoms with Gasteiger partial charge >= 0.3 is 0 Å². The van der Waals surface area contributed by atoms with Crippen LogP contribution in [0.3, 0.4) is 0 Å². The first-order valence-electron chi connectivity index (χ1n) is 7.59. The Morgan fingerprint density at radius 1 is 1.11 bits per heavy atom. The van der Waals surface area contributed by atoms with Gasteiger partial charge in [0.15, 0.2) is 0 Å². The Balaban J connectivity index is 1.40. The van der Waals surface area contributed by atoms with Crippen molar-refractivity contribution in [3.05, 3.63) is 29.3 Å². The highest BCUT2D eigenvalue weighted by atomic mass is 16.5. The molecule has 0 amide bonds. The van der Waals surface area contributed by atoms with Crippen molar-refractivity contribution in [3.63, 3.8) is 0 Å². The van der Waals surface area contributed by atoms with Crippen LogP contribution in [0.2, 0.25) is 0 Å². The molecule has 1 saturated heterocycles. The van der Waals surface area contributed by atoms with Crippen LogP contribution in [-0.4, -0.2) is 44.2 Å². The van der Waals surface area contributed by atoms with Crippen molar-refractivity contribution in [2.45, 2.75) is 25.7 Å². The highest BCUT2D eigenvalue weighted by Gasteiger charge is 2.11. The van der Waals surface area contributed by atoms with Crippen molar-refractivity contribution in [1.82, 2.24) is 10.2 Å². The summed E-state index contributed by atoms with van der Waals surface area (Å²) in [6.07, 6.45) is 4.91. The quantitative estimate of drug-likeness (QED) is 0.818. The molecule has 0 aromatic heterocycles. The van der Waals surface area contributed by atoms with Crippen molar-refractivity contribution in [2.24, 2.45) is 0 Å². The second-order valence-corrected chi connectivity index (χ2v) is 5.58. The SMILES string of the molecule is c1cc2c(cc1OCCCN1CCNCC1)CCC2. The van der Waals surface area contributed by atoms with E-state index >= 15 is 0 Å². The van der Waals surface area contributed by atoms with Crippen molar-refractivity contribution in [2.75, 3.05) is 39.3 Å². The summed E-state index contributed by atoms with van der Waals surface area (Å²) in [5, 5.41) is 3.38. The molecular weight excluding hydrogens is 236 g/mol. The number of nitrogens with zero attached hydrogens (tertiary/aromatic N) is 1. The maximum Gasteiger partial charge on any atom is 0.119 e. The van der Waals surface area contributed by atoms with Gasteiger partial charge in [-0.25, -0.2) is 0 Å². The molecule has 2 aliphatic rings. The molecule has 1 heterocycles. The average Bonchev–Trinajstić information content (AvgIpc) is 2.92. The van der Waals surface area contributed by atoms with Gasteiger partial charge in [-0.3, -0.25) is 0 Å². The van der Waals surface area contributed by atoms with Crippen LogP contribution < -0.4 is 10.1 Å². The molecule has 0 bridgehead atoms. The Morgan fingerprint density at radius 3 is 2.84 bits per heavy atom. The minimum absolute atomic E-state index is 0.836. The predicted molar refractivity (Wildman–Crippen MR) is 77.9 cm³/mol.